The molecule has 1 aliphatic heterocycles. The fourth-order valence-corrected chi connectivity index (χ4v) is 2.20. The molecule has 0 bridgehead atoms. The Labute approximate surface area is 131 Å². The average Bonchev–Trinajstić information content (AvgIpc) is 2.95. The lowest BCUT2D eigenvalue weighted by Crippen LogP contribution is -2.29. The quantitative estimate of drug-likeness (QED) is 0.666. The number of hydrogen-bond acceptors (Lipinski definition) is 5. The number of ether oxygens (including phenoxy) is 2. The van der Waals surface area contributed by atoms with Crippen LogP contribution in [0.2, 0.25) is 0 Å². The van der Waals surface area contributed by atoms with Gasteiger partial charge in [-0.15, -0.1) is 0 Å². The van der Waals surface area contributed by atoms with Crippen LogP contribution < -0.4 is 20.1 Å². The average molecular weight is 307 g/mol. The van der Waals surface area contributed by atoms with Gasteiger partial charge in [0.05, 0.1) is 0 Å². The highest BCUT2D eigenvalue weighted by Gasteiger charge is 2.12. The fraction of sp³-hybridized carbons (Fsp3) is 0.562. The van der Waals surface area contributed by atoms with Gasteiger partial charge >= 0.3 is 0 Å². The second-order valence-electron chi connectivity index (χ2n) is 5.62. The Hall–Kier alpha value is -1.79. The third-order valence-electron chi connectivity index (χ3n) is 3.40. The van der Waals surface area contributed by atoms with Crippen LogP contribution in [0.4, 0.5) is 0 Å². The maximum Gasteiger partial charge on any atom is 0.231 e. The minimum atomic E-state index is 0.0944. The maximum absolute atomic E-state index is 11.7. The summed E-state index contributed by atoms with van der Waals surface area (Å²) < 4.78 is 10.6. The van der Waals surface area contributed by atoms with Crippen molar-refractivity contribution in [2.24, 2.45) is 0 Å². The van der Waals surface area contributed by atoms with E-state index in [1.807, 2.05) is 32.3 Å². The highest BCUT2D eigenvalue weighted by atomic mass is 16.7. The number of fused-ring (bicyclic) bond motifs is 1. The minimum absolute atomic E-state index is 0.0944. The SMILES string of the molecule is CN(C)CCCNC(=O)CCNCc1ccc2c(c1)OCO2. The Bertz CT molecular complexity index is 492. The molecule has 122 valence electrons. The van der Waals surface area contributed by atoms with Gasteiger partial charge in [0.15, 0.2) is 11.5 Å². The summed E-state index contributed by atoms with van der Waals surface area (Å²) in [4.78, 5) is 13.8. The van der Waals surface area contributed by atoms with E-state index in [2.05, 4.69) is 15.5 Å². The first kappa shape index (κ1) is 16.6. The zero-order valence-corrected chi connectivity index (χ0v) is 13.4. The molecule has 0 radical (unpaired) electrons. The molecule has 1 heterocycles. The summed E-state index contributed by atoms with van der Waals surface area (Å²) in [5.74, 6) is 1.68. The van der Waals surface area contributed by atoms with Crippen molar-refractivity contribution in [3.05, 3.63) is 23.8 Å². The van der Waals surface area contributed by atoms with Crippen LogP contribution in [0.15, 0.2) is 18.2 Å². The van der Waals surface area contributed by atoms with E-state index >= 15 is 0 Å². The summed E-state index contributed by atoms with van der Waals surface area (Å²) in [6, 6.07) is 5.88. The van der Waals surface area contributed by atoms with E-state index in [9.17, 15) is 4.79 Å². The van der Waals surface area contributed by atoms with Crippen molar-refractivity contribution in [2.45, 2.75) is 19.4 Å². The van der Waals surface area contributed by atoms with Crippen LogP contribution in [0.3, 0.4) is 0 Å². The second-order valence-corrected chi connectivity index (χ2v) is 5.62. The molecule has 0 unspecified atom stereocenters. The summed E-state index contributed by atoms with van der Waals surface area (Å²) in [5, 5.41) is 6.20. The fourth-order valence-electron chi connectivity index (χ4n) is 2.20. The Kier molecular flexibility index (Phi) is 6.48. The molecule has 0 fully saturated rings. The van der Waals surface area contributed by atoms with E-state index in [1.54, 1.807) is 0 Å². The van der Waals surface area contributed by atoms with Crippen LogP contribution in [0.5, 0.6) is 11.5 Å². The van der Waals surface area contributed by atoms with Gasteiger partial charge < -0.3 is 25.0 Å². The molecule has 6 nitrogen and oxygen atoms in total. The van der Waals surface area contributed by atoms with E-state index < -0.39 is 0 Å². The molecule has 0 saturated heterocycles. The van der Waals surface area contributed by atoms with Gasteiger partial charge in [-0.3, -0.25) is 4.79 Å². The molecule has 1 amide bonds. The first-order valence-electron chi connectivity index (χ1n) is 7.66. The highest BCUT2D eigenvalue weighted by Crippen LogP contribution is 2.32. The van der Waals surface area contributed by atoms with Crippen LogP contribution in [0, 0.1) is 0 Å². The molecule has 1 aromatic carbocycles. The first-order chi connectivity index (χ1) is 10.6. The van der Waals surface area contributed by atoms with E-state index in [4.69, 9.17) is 9.47 Å². The van der Waals surface area contributed by atoms with Crippen molar-refractivity contribution in [1.29, 1.82) is 0 Å². The van der Waals surface area contributed by atoms with Crippen molar-refractivity contribution in [2.75, 3.05) is 40.5 Å². The number of rotatable bonds is 9. The van der Waals surface area contributed by atoms with Gasteiger partial charge in [0.2, 0.25) is 12.7 Å². The standard InChI is InChI=1S/C16H25N3O3/c1-19(2)9-3-7-18-16(20)6-8-17-11-13-4-5-14-15(10-13)22-12-21-14/h4-5,10,17H,3,6-9,11-12H2,1-2H3,(H,18,20). The highest BCUT2D eigenvalue weighted by molar-refractivity contribution is 5.75. The summed E-state index contributed by atoms with van der Waals surface area (Å²) in [6.07, 6.45) is 1.47. The molecule has 6 heteroatoms. The first-order valence-corrected chi connectivity index (χ1v) is 7.66. The topological polar surface area (TPSA) is 62.8 Å². The molecule has 0 aliphatic carbocycles. The van der Waals surface area contributed by atoms with E-state index in [0.717, 1.165) is 36.6 Å². The van der Waals surface area contributed by atoms with Gasteiger partial charge in [0.25, 0.3) is 0 Å². The van der Waals surface area contributed by atoms with Gasteiger partial charge in [-0.05, 0) is 44.8 Å². The molecule has 0 aromatic heterocycles. The third kappa shape index (κ3) is 5.54. The Morgan fingerprint density at radius 1 is 1.23 bits per heavy atom. The molecular formula is C16H25N3O3. The summed E-state index contributed by atoms with van der Waals surface area (Å²) in [7, 11) is 4.06. The van der Waals surface area contributed by atoms with Crippen LogP contribution in [0.1, 0.15) is 18.4 Å². The maximum atomic E-state index is 11.7. The van der Waals surface area contributed by atoms with Crippen LogP contribution >= 0.6 is 0 Å². The largest absolute Gasteiger partial charge is 0.454 e. The van der Waals surface area contributed by atoms with E-state index in [-0.39, 0.29) is 5.91 Å². The van der Waals surface area contributed by atoms with Crippen molar-refractivity contribution < 1.29 is 14.3 Å². The number of nitrogens with one attached hydrogen (secondary N) is 2. The summed E-state index contributed by atoms with van der Waals surface area (Å²) >= 11 is 0. The van der Waals surface area contributed by atoms with Gasteiger partial charge in [-0.1, -0.05) is 6.07 Å². The van der Waals surface area contributed by atoms with Crippen molar-refractivity contribution in [3.63, 3.8) is 0 Å². The molecule has 0 atom stereocenters. The minimum Gasteiger partial charge on any atom is -0.454 e. The van der Waals surface area contributed by atoms with E-state index in [1.165, 1.54) is 0 Å². The molecule has 2 N–H and O–H groups in total. The zero-order chi connectivity index (χ0) is 15.8. The molecule has 0 spiro atoms. The van der Waals surface area contributed by atoms with E-state index in [0.29, 0.717) is 26.3 Å². The number of carbonyl (C=O) groups is 1. The Balaban J connectivity index is 1.56. The Morgan fingerprint density at radius 2 is 2.05 bits per heavy atom. The van der Waals surface area contributed by atoms with Crippen LogP contribution in [-0.2, 0) is 11.3 Å². The molecule has 1 aliphatic rings. The van der Waals surface area contributed by atoms with Gasteiger partial charge in [-0.2, -0.15) is 0 Å². The predicted octanol–water partition coefficient (Wildman–Crippen LogP) is 0.963. The number of carbonyl (C=O) groups excluding carboxylic acids is 1. The van der Waals surface area contributed by atoms with Gasteiger partial charge in [0.1, 0.15) is 0 Å². The lowest BCUT2D eigenvalue weighted by molar-refractivity contribution is -0.121. The number of nitrogens with zero attached hydrogens (tertiary/aromatic N) is 1. The third-order valence-corrected chi connectivity index (χ3v) is 3.40. The van der Waals surface area contributed by atoms with Crippen molar-refractivity contribution >= 4 is 5.91 Å². The Morgan fingerprint density at radius 3 is 2.86 bits per heavy atom. The normalized spacial score (nSPS) is 12.7. The van der Waals surface area contributed by atoms with Crippen LogP contribution in [0.25, 0.3) is 0 Å². The number of hydrogen-bond donors (Lipinski definition) is 2. The monoisotopic (exact) mass is 307 g/mol. The van der Waals surface area contributed by atoms with Crippen molar-refractivity contribution in [1.82, 2.24) is 15.5 Å². The summed E-state index contributed by atoms with van der Waals surface area (Å²) in [5.41, 5.74) is 1.12. The number of benzene rings is 1. The zero-order valence-electron chi connectivity index (χ0n) is 13.4. The molecule has 2 rings (SSSR count). The van der Waals surface area contributed by atoms with Crippen LogP contribution in [-0.4, -0.2) is 51.3 Å². The van der Waals surface area contributed by atoms with Crippen molar-refractivity contribution in [3.8, 4) is 11.5 Å². The molecule has 0 saturated carbocycles. The van der Waals surface area contributed by atoms with Gasteiger partial charge in [-0.25, -0.2) is 0 Å². The predicted molar refractivity (Wildman–Crippen MR) is 85.1 cm³/mol. The second kappa shape index (κ2) is 8.60. The van der Waals surface area contributed by atoms with Gasteiger partial charge in [0, 0.05) is 26.1 Å². The molecular weight excluding hydrogens is 282 g/mol. The lowest BCUT2D eigenvalue weighted by Gasteiger charge is -2.10. The summed E-state index contributed by atoms with van der Waals surface area (Å²) in [6.45, 7) is 3.39. The molecule has 1 aromatic rings. The smallest absolute Gasteiger partial charge is 0.231 e. The molecule has 22 heavy (non-hydrogen) atoms. The lowest BCUT2D eigenvalue weighted by atomic mass is 10.2. The number of amides is 1.